The molecule has 0 bridgehead atoms. The summed E-state index contributed by atoms with van der Waals surface area (Å²) in [5.74, 6) is 5.50. The molecule has 0 aromatic carbocycles. The fourth-order valence-corrected chi connectivity index (χ4v) is 3.16. The summed E-state index contributed by atoms with van der Waals surface area (Å²) in [6.45, 7) is 3.54. The van der Waals surface area contributed by atoms with E-state index in [4.69, 9.17) is 12.2 Å². The highest BCUT2D eigenvalue weighted by molar-refractivity contribution is 7.99. The van der Waals surface area contributed by atoms with Crippen LogP contribution in [0.3, 0.4) is 0 Å². The molecule has 2 atom stereocenters. The highest BCUT2D eigenvalue weighted by Crippen LogP contribution is 2.32. The van der Waals surface area contributed by atoms with Crippen LogP contribution in [0.1, 0.15) is 6.92 Å². The van der Waals surface area contributed by atoms with Gasteiger partial charge in [0.25, 0.3) is 0 Å². The second-order valence-electron chi connectivity index (χ2n) is 3.33. The number of nitrogens with one attached hydrogen (secondary N) is 1. The maximum Gasteiger partial charge on any atom is 0.0578 e. The van der Waals surface area contributed by atoms with E-state index in [9.17, 15) is 0 Å². The fourth-order valence-electron chi connectivity index (χ4n) is 1.50. The van der Waals surface area contributed by atoms with Crippen LogP contribution in [0.2, 0.25) is 0 Å². The number of rotatable bonds is 3. The van der Waals surface area contributed by atoms with Gasteiger partial charge in [0.15, 0.2) is 0 Å². The summed E-state index contributed by atoms with van der Waals surface area (Å²) in [4.78, 5) is 0. The molecular weight excluding hydrogens is 168 g/mol. The summed E-state index contributed by atoms with van der Waals surface area (Å²) in [6, 6.07) is 0. The third-order valence-corrected chi connectivity index (χ3v) is 4.03. The van der Waals surface area contributed by atoms with Gasteiger partial charge in [0.1, 0.15) is 0 Å². The Hall–Kier alpha value is -0.170. The lowest BCUT2D eigenvalue weighted by Crippen LogP contribution is -2.55. The van der Waals surface area contributed by atoms with E-state index >= 15 is 0 Å². The van der Waals surface area contributed by atoms with Gasteiger partial charge >= 0.3 is 0 Å². The first-order valence-electron chi connectivity index (χ1n) is 4.21. The van der Waals surface area contributed by atoms with E-state index < -0.39 is 0 Å². The minimum absolute atomic E-state index is 0.0943. The van der Waals surface area contributed by atoms with Crippen molar-refractivity contribution in [1.29, 1.82) is 0 Å². The van der Waals surface area contributed by atoms with Gasteiger partial charge in [0, 0.05) is 17.8 Å². The van der Waals surface area contributed by atoms with Crippen molar-refractivity contribution in [3.63, 3.8) is 0 Å². The monoisotopic (exact) mass is 184 g/mol. The lowest BCUT2D eigenvalue weighted by Gasteiger charge is -2.32. The third-order valence-electron chi connectivity index (χ3n) is 2.58. The van der Waals surface area contributed by atoms with Crippen molar-refractivity contribution in [1.82, 2.24) is 5.32 Å². The van der Waals surface area contributed by atoms with E-state index in [1.165, 1.54) is 5.75 Å². The zero-order chi connectivity index (χ0) is 9.03. The predicted molar refractivity (Wildman–Crippen MR) is 55.1 cm³/mol. The topological polar surface area (TPSA) is 38.0 Å². The Balaban J connectivity index is 2.56. The van der Waals surface area contributed by atoms with Gasteiger partial charge in [-0.15, -0.1) is 6.42 Å². The maximum atomic E-state index is 5.76. The van der Waals surface area contributed by atoms with Crippen LogP contribution in [0.4, 0.5) is 0 Å². The van der Waals surface area contributed by atoms with E-state index in [1.54, 1.807) is 0 Å². The number of nitrogens with two attached hydrogens (primary N) is 1. The Morgan fingerprint density at radius 2 is 2.58 bits per heavy atom. The zero-order valence-electron chi connectivity index (χ0n) is 7.47. The van der Waals surface area contributed by atoms with Gasteiger partial charge in [-0.05, 0) is 11.7 Å². The molecule has 1 aliphatic rings. The van der Waals surface area contributed by atoms with Gasteiger partial charge in [0.2, 0.25) is 0 Å². The molecule has 3 N–H and O–H groups in total. The SMILES string of the molecule is C#CCNC1(CN)CSCC1C. The lowest BCUT2D eigenvalue weighted by molar-refractivity contribution is 0.306. The Morgan fingerprint density at radius 1 is 1.83 bits per heavy atom. The van der Waals surface area contributed by atoms with Crippen LogP contribution in [-0.4, -0.2) is 30.1 Å². The molecule has 0 aromatic heterocycles. The van der Waals surface area contributed by atoms with Gasteiger partial charge < -0.3 is 5.73 Å². The van der Waals surface area contributed by atoms with Crippen LogP contribution in [0.5, 0.6) is 0 Å². The first-order valence-corrected chi connectivity index (χ1v) is 5.37. The molecule has 1 aliphatic heterocycles. The maximum absolute atomic E-state index is 5.76. The molecule has 1 rings (SSSR count). The van der Waals surface area contributed by atoms with Gasteiger partial charge in [-0.2, -0.15) is 11.8 Å². The Kier molecular flexibility index (Phi) is 3.45. The van der Waals surface area contributed by atoms with Crippen molar-refractivity contribution in [2.75, 3.05) is 24.6 Å². The number of terminal acetylenes is 1. The van der Waals surface area contributed by atoms with Gasteiger partial charge in [-0.25, -0.2) is 0 Å². The van der Waals surface area contributed by atoms with E-state index in [0.717, 1.165) is 5.75 Å². The Labute approximate surface area is 78.7 Å². The van der Waals surface area contributed by atoms with Gasteiger partial charge in [-0.1, -0.05) is 12.8 Å². The van der Waals surface area contributed by atoms with E-state index in [1.807, 2.05) is 11.8 Å². The molecule has 1 saturated heterocycles. The lowest BCUT2D eigenvalue weighted by atomic mass is 9.88. The van der Waals surface area contributed by atoms with Crippen LogP contribution in [0.15, 0.2) is 0 Å². The number of hydrogen-bond donors (Lipinski definition) is 2. The number of thioether (sulfide) groups is 1. The summed E-state index contributed by atoms with van der Waals surface area (Å²) >= 11 is 1.95. The minimum Gasteiger partial charge on any atom is -0.329 e. The summed E-state index contributed by atoms with van der Waals surface area (Å²) in [5, 5.41) is 3.36. The standard InChI is InChI=1S/C9H16N2S/c1-3-4-11-9(6-10)7-12-5-8(9)2/h1,8,11H,4-7,10H2,2H3. The highest BCUT2D eigenvalue weighted by Gasteiger charge is 2.38. The van der Waals surface area contributed by atoms with Crippen LogP contribution in [-0.2, 0) is 0 Å². The zero-order valence-corrected chi connectivity index (χ0v) is 8.29. The second kappa shape index (κ2) is 4.18. The molecule has 12 heavy (non-hydrogen) atoms. The van der Waals surface area contributed by atoms with Crippen LogP contribution in [0.25, 0.3) is 0 Å². The predicted octanol–water partition coefficient (Wildman–Crippen LogP) is 0.290. The van der Waals surface area contributed by atoms with Crippen LogP contribution in [0, 0.1) is 18.3 Å². The normalized spacial score (nSPS) is 34.9. The molecule has 0 aromatic rings. The summed E-state index contributed by atoms with van der Waals surface area (Å²) < 4.78 is 0. The van der Waals surface area contributed by atoms with Crippen molar-refractivity contribution >= 4 is 11.8 Å². The summed E-state index contributed by atoms with van der Waals surface area (Å²) in [6.07, 6.45) is 5.21. The van der Waals surface area contributed by atoms with Crippen LogP contribution < -0.4 is 11.1 Å². The Morgan fingerprint density at radius 3 is 3.00 bits per heavy atom. The minimum atomic E-state index is 0.0943. The molecule has 0 aliphatic carbocycles. The van der Waals surface area contributed by atoms with Crippen molar-refractivity contribution in [3.05, 3.63) is 0 Å². The van der Waals surface area contributed by atoms with E-state index in [-0.39, 0.29) is 5.54 Å². The quantitative estimate of drug-likeness (QED) is 0.619. The molecule has 3 heteroatoms. The highest BCUT2D eigenvalue weighted by atomic mass is 32.2. The van der Waals surface area contributed by atoms with Crippen molar-refractivity contribution in [2.24, 2.45) is 11.7 Å². The fraction of sp³-hybridized carbons (Fsp3) is 0.778. The molecule has 2 nitrogen and oxygen atoms in total. The average Bonchev–Trinajstić information content (AvgIpc) is 2.45. The molecule has 1 fully saturated rings. The second-order valence-corrected chi connectivity index (χ2v) is 4.36. The van der Waals surface area contributed by atoms with Crippen molar-refractivity contribution < 1.29 is 0 Å². The Bertz CT molecular complexity index is 187. The average molecular weight is 184 g/mol. The first-order chi connectivity index (χ1) is 5.75. The largest absolute Gasteiger partial charge is 0.329 e. The van der Waals surface area contributed by atoms with Crippen molar-refractivity contribution in [2.45, 2.75) is 12.5 Å². The van der Waals surface area contributed by atoms with Crippen molar-refractivity contribution in [3.8, 4) is 12.3 Å². The van der Waals surface area contributed by atoms with Gasteiger partial charge in [0.05, 0.1) is 6.54 Å². The smallest absolute Gasteiger partial charge is 0.0578 e. The molecular formula is C9H16N2S. The third kappa shape index (κ3) is 1.77. The van der Waals surface area contributed by atoms with E-state index in [2.05, 4.69) is 18.2 Å². The summed E-state index contributed by atoms with van der Waals surface area (Å²) in [5.41, 5.74) is 5.85. The molecule has 0 radical (unpaired) electrons. The molecule has 2 unspecified atom stereocenters. The molecule has 68 valence electrons. The van der Waals surface area contributed by atoms with Gasteiger partial charge in [-0.3, -0.25) is 5.32 Å². The van der Waals surface area contributed by atoms with Crippen LogP contribution >= 0.6 is 11.8 Å². The first kappa shape index (κ1) is 9.91. The molecule has 0 saturated carbocycles. The number of hydrogen-bond acceptors (Lipinski definition) is 3. The van der Waals surface area contributed by atoms with E-state index in [0.29, 0.717) is 19.0 Å². The molecule has 0 spiro atoms. The molecule has 0 amide bonds. The summed E-state index contributed by atoms with van der Waals surface area (Å²) in [7, 11) is 0. The molecule has 1 heterocycles.